The van der Waals surface area contributed by atoms with Crippen LogP contribution in [0.15, 0.2) is 0 Å². The second-order valence-electron chi connectivity index (χ2n) is 3.78. The van der Waals surface area contributed by atoms with Crippen molar-refractivity contribution >= 4 is 0 Å². The Balaban J connectivity index is 3.47. The molecule has 6 heteroatoms. The lowest BCUT2D eigenvalue weighted by Crippen LogP contribution is -2.40. The lowest BCUT2D eigenvalue weighted by atomic mass is 9.98. The van der Waals surface area contributed by atoms with Crippen molar-refractivity contribution in [1.82, 2.24) is 5.32 Å². The Labute approximate surface area is 94.0 Å². The van der Waals surface area contributed by atoms with Gasteiger partial charge >= 0.3 is 6.18 Å². The third kappa shape index (κ3) is 7.90. The highest BCUT2D eigenvalue weighted by Crippen LogP contribution is 2.14. The second-order valence-corrected chi connectivity index (χ2v) is 3.78. The van der Waals surface area contributed by atoms with Crippen LogP contribution in [-0.4, -0.2) is 43.2 Å². The lowest BCUT2D eigenvalue weighted by Gasteiger charge is -2.25. The van der Waals surface area contributed by atoms with Crippen LogP contribution in [0.5, 0.6) is 0 Å². The molecule has 0 aromatic heterocycles. The number of halogens is 3. The van der Waals surface area contributed by atoms with E-state index in [0.29, 0.717) is 25.9 Å². The Morgan fingerprint density at radius 3 is 2.19 bits per heavy atom. The van der Waals surface area contributed by atoms with E-state index in [9.17, 15) is 18.3 Å². The molecule has 0 aliphatic heterocycles. The normalized spacial score (nSPS) is 13.1. The van der Waals surface area contributed by atoms with E-state index in [1.54, 1.807) is 0 Å². The van der Waals surface area contributed by atoms with Gasteiger partial charge in [0.1, 0.15) is 6.61 Å². The third-order valence-corrected chi connectivity index (χ3v) is 2.46. The van der Waals surface area contributed by atoms with E-state index in [1.807, 2.05) is 13.8 Å². The summed E-state index contributed by atoms with van der Waals surface area (Å²) in [6.07, 6.45) is -3.05. The SMILES string of the molecule is CCC(O)(CC)CNCCOCC(F)(F)F. The van der Waals surface area contributed by atoms with E-state index >= 15 is 0 Å². The van der Waals surface area contributed by atoms with Crippen molar-refractivity contribution in [1.29, 1.82) is 0 Å². The van der Waals surface area contributed by atoms with Gasteiger partial charge in [-0.15, -0.1) is 0 Å². The van der Waals surface area contributed by atoms with Gasteiger partial charge in [-0.2, -0.15) is 13.2 Å². The van der Waals surface area contributed by atoms with Crippen LogP contribution in [0.3, 0.4) is 0 Å². The van der Waals surface area contributed by atoms with Gasteiger partial charge in [-0.05, 0) is 12.8 Å². The molecule has 0 fully saturated rings. The van der Waals surface area contributed by atoms with Crippen LogP contribution in [-0.2, 0) is 4.74 Å². The van der Waals surface area contributed by atoms with Gasteiger partial charge in [0, 0.05) is 13.1 Å². The molecule has 0 heterocycles. The molecule has 2 N–H and O–H groups in total. The Morgan fingerprint density at radius 1 is 1.19 bits per heavy atom. The Hall–Kier alpha value is -0.330. The summed E-state index contributed by atoms with van der Waals surface area (Å²) >= 11 is 0. The quantitative estimate of drug-likeness (QED) is 0.638. The summed E-state index contributed by atoms with van der Waals surface area (Å²) in [5, 5.41) is 12.7. The summed E-state index contributed by atoms with van der Waals surface area (Å²) in [7, 11) is 0. The van der Waals surface area contributed by atoms with Crippen LogP contribution in [0.1, 0.15) is 26.7 Å². The van der Waals surface area contributed by atoms with Crippen LogP contribution in [0.4, 0.5) is 13.2 Å². The molecule has 0 saturated heterocycles. The van der Waals surface area contributed by atoms with E-state index < -0.39 is 18.4 Å². The maximum atomic E-state index is 11.7. The van der Waals surface area contributed by atoms with Crippen molar-refractivity contribution in [2.45, 2.75) is 38.5 Å². The second kappa shape index (κ2) is 7.09. The van der Waals surface area contributed by atoms with Crippen molar-refractivity contribution in [3.63, 3.8) is 0 Å². The number of nitrogens with one attached hydrogen (secondary N) is 1. The molecule has 0 aliphatic rings. The maximum absolute atomic E-state index is 11.7. The minimum atomic E-state index is -4.27. The third-order valence-electron chi connectivity index (χ3n) is 2.46. The molecule has 0 bridgehead atoms. The fourth-order valence-corrected chi connectivity index (χ4v) is 1.15. The van der Waals surface area contributed by atoms with Crippen molar-refractivity contribution in [2.75, 3.05) is 26.3 Å². The predicted molar refractivity (Wildman–Crippen MR) is 55.3 cm³/mol. The zero-order valence-corrected chi connectivity index (χ0v) is 9.73. The smallest absolute Gasteiger partial charge is 0.389 e. The van der Waals surface area contributed by atoms with Gasteiger partial charge in [-0.25, -0.2) is 0 Å². The minimum absolute atomic E-state index is 0.0109. The summed E-state index contributed by atoms with van der Waals surface area (Å²) < 4.78 is 39.4. The number of rotatable bonds is 8. The number of hydrogen-bond donors (Lipinski definition) is 2. The summed E-state index contributed by atoms with van der Waals surface area (Å²) in [5.41, 5.74) is -0.774. The molecule has 0 aromatic carbocycles. The predicted octanol–water partition coefficient (Wildman–Crippen LogP) is 1.71. The van der Waals surface area contributed by atoms with Gasteiger partial charge in [-0.1, -0.05) is 13.8 Å². The van der Waals surface area contributed by atoms with E-state index in [-0.39, 0.29) is 6.61 Å². The van der Waals surface area contributed by atoms with Gasteiger partial charge in [-0.3, -0.25) is 0 Å². The van der Waals surface area contributed by atoms with E-state index in [4.69, 9.17) is 0 Å². The molecule has 3 nitrogen and oxygen atoms in total. The summed E-state index contributed by atoms with van der Waals surface area (Å²) in [6, 6.07) is 0. The first kappa shape index (κ1) is 15.7. The number of ether oxygens (including phenoxy) is 1. The van der Waals surface area contributed by atoms with Gasteiger partial charge < -0.3 is 15.2 Å². The van der Waals surface area contributed by atoms with Gasteiger partial charge in [0.05, 0.1) is 12.2 Å². The molecule has 0 saturated carbocycles. The summed E-state index contributed by atoms with van der Waals surface area (Å²) in [4.78, 5) is 0. The number of hydrogen-bond acceptors (Lipinski definition) is 3. The van der Waals surface area contributed by atoms with Crippen molar-refractivity contribution in [3.8, 4) is 0 Å². The summed E-state index contributed by atoms with van der Waals surface area (Å²) in [6.45, 7) is 3.17. The standard InChI is InChI=1S/C10H20F3NO2/c1-3-9(15,4-2)7-14-5-6-16-8-10(11,12)13/h14-15H,3-8H2,1-2H3. The molecule has 0 aliphatic carbocycles. The molecule has 0 rings (SSSR count). The Kier molecular flexibility index (Phi) is 6.94. The lowest BCUT2D eigenvalue weighted by molar-refractivity contribution is -0.173. The van der Waals surface area contributed by atoms with Crippen molar-refractivity contribution in [3.05, 3.63) is 0 Å². The zero-order chi connectivity index (χ0) is 12.7. The molecule has 0 spiro atoms. The summed E-state index contributed by atoms with van der Waals surface area (Å²) in [5.74, 6) is 0. The fourth-order valence-electron chi connectivity index (χ4n) is 1.15. The maximum Gasteiger partial charge on any atom is 0.411 e. The number of aliphatic hydroxyl groups is 1. The number of alkyl halides is 3. The highest BCUT2D eigenvalue weighted by atomic mass is 19.4. The molecule has 0 aromatic rings. The van der Waals surface area contributed by atoms with Crippen molar-refractivity contribution < 1.29 is 23.0 Å². The van der Waals surface area contributed by atoms with E-state index in [0.717, 1.165) is 0 Å². The highest BCUT2D eigenvalue weighted by molar-refractivity contribution is 4.77. The van der Waals surface area contributed by atoms with Crippen LogP contribution in [0, 0.1) is 0 Å². The van der Waals surface area contributed by atoms with Crippen LogP contribution in [0.2, 0.25) is 0 Å². The first-order valence-corrected chi connectivity index (χ1v) is 5.40. The molecule has 0 unspecified atom stereocenters. The zero-order valence-electron chi connectivity index (χ0n) is 9.73. The average Bonchev–Trinajstić information content (AvgIpc) is 2.21. The molecule has 0 atom stereocenters. The monoisotopic (exact) mass is 243 g/mol. The van der Waals surface area contributed by atoms with Crippen molar-refractivity contribution in [2.24, 2.45) is 0 Å². The first-order chi connectivity index (χ1) is 7.33. The van der Waals surface area contributed by atoms with Crippen LogP contribution in [0.25, 0.3) is 0 Å². The molecule has 16 heavy (non-hydrogen) atoms. The largest absolute Gasteiger partial charge is 0.411 e. The van der Waals surface area contributed by atoms with Gasteiger partial charge in [0.15, 0.2) is 0 Å². The average molecular weight is 243 g/mol. The van der Waals surface area contributed by atoms with Crippen LogP contribution < -0.4 is 5.32 Å². The molecular formula is C10H20F3NO2. The molecule has 98 valence electrons. The topological polar surface area (TPSA) is 41.5 Å². The fraction of sp³-hybridized carbons (Fsp3) is 1.00. The van der Waals surface area contributed by atoms with E-state index in [2.05, 4.69) is 10.1 Å². The Morgan fingerprint density at radius 2 is 1.75 bits per heavy atom. The van der Waals surface area contributed by atoms with E-state index in [1.165, 1.54) is 0 Å². The highest BCUT2D eigenvalue weighted by Gasteiger charge is 2.27. The molecular weight excluding hydrogens is 223 g/mol. The minimum Gasteiger partial charge on any atom is -0.389 e. The van der Waals surface area contributed by atoms with Crippen LogP contribution >= 0.6 is 0 Å². The molecule has 0 radical (unpaired) electrons. The Bertz CT molecular complexity index is 181. The first-order valence-electron chi connectivity index (χ1n) is 5.40. The van der Waals surface area contributed by atoms with Gasteiger partial charge in [0.2, 0.25) is 0 Å². The molecule has 0 amide bonds. The van der Waals surface area contributed by atoms with Gasteiger partial charge in [0.25, 0.3) is 0 Å².